The summed E-state index contributed by atoms with van der Waals surface area (Å²) in [5, 5.41) is 12.0. The highest BCUT2D eigenvalue weighted by Crippen LogP contribution is 2.39. The molecule has 1 N–H and O–H groups in total. The third-order valence-corrected chi connectivity index (χ3v) is 5.22. The van der Waals surface area contributed by atoms with Crippen molar-refractivity contribution in [2.75, 3.05) is 7.05 Å². The van der Waals surface area contributed by atoms with Crippen LogP contribution in [0.5, 0.6) is 0 Å². The number of aromatic amines is 1. The molecular formula is C20H27N3O4. The van der Waals surface area contributed by atoms with Crippen LogP contribution in [0.3, 0.4) is 0 Å². The second-order valence-electron chi connectivity index (χ2n) is 8.34. The normalized spacial score (nSPS) is 20.4. The third kappa shape index (κ3) is 4.23. The van der Waals surface area contributed by atoms with Crippen molar-refractivity contribution < 1.29 is 14.5 Å². The molecule has 7 nitrogen and oxygen atoms in total. The van der Waals surface area contributed by atoms with Crippen molar-refractivity contribution in [2.45, 2.75) is 64.0 Å². The van der Waals surface area contributed by atoms with Gasteiger partial charge in [0.1, 0.15) is 5.60 Å². The first kappa shape index (κ1) is 19.2. The Morgan fingerprint density at radius 3 is 2.74 bits per heavy atom. The van der Waals surface area contributed by atoms with Gasteiger partial charge in [0.05, 0.1) is 4.92 Å². The van der Waals surface area contributed by atoms with E-state index in [-0.39, 0.29) is 28.7 Å². The fourth-order valence-corrected chi connectivity index (χ4v) is 3.86. The van der Waals surface area contributed by atoms with Crippen molar-refractivity contribution in [3.63, 3.8) is 0 Å². The second-order valence-corrected chi connectivity index (χ2v) is 8.34. The van der Waals surface area contributed by atoms with Gasteiger partial charge in [-0.2, -0.15) is 0 Å². The van der Waals surface area contributed by atoms with E-state index in [9.17, 15) is 14.9 Å². The number of H-pyrrole nitrogens is 1. The number of nitrogens with one attached hydrogen (secondary N) is 1. The van der Waals surface area contributed by atoms with Gasteiger partial charge in [-0.3, -0.25) is 10.1 Å². The minimum absolute atomic E-state index is 0.0987. The Bertz CT molecular complexity index is 853. The molecule has 0 saturated heterocycles. The van der Waals surface area contributed by atoms with Crippen LogP contribution < -0.4 is 0 Å². The quantitative estimate of drug-likeness (QED) is 0.608. The fourth-order valence-electron chi connectivity index (χ4n) is 3.86. The number of nitro groups is 1. The molecule has 27 heavy (non-hydrogen) atoms. The van der Waals surface area contributed by atoms with Gasteiger partial charge in [0.15, 0.2) is 0 Å². The number of nitrogens with zero attached hydrogens (tertiary/aromatic N) is 2. The number of hydrogen-bond acceptors (Lipinski definition) is 4. The number of nitro benzene ring substituents is 1. The molecule has 2 unspecified atom stereocenters. The van der Waals surface area contributed by atoms with Gasteiger partial charge in [-0.1, -0.05) is 6.42 Å². The molecule has 2 atom stereocenters. The summed E-state index contributed by atoms with van der Waals surface area (Å²) < 4.78 is 5.50. The summed E-state index contributed by atoms with van der Waals surface area (Å²) in [7, 11) is 1.79. The van der Waals surface area contributed by atoms with Crippen LogP contribution in [0.4, 0.5) is 10.5 Å². The van der Waals surface area contributed by atoms with Crippen molar-refractivity contribution in [2.24, 2.45) is 0 Å². The average molecular weight is 373 g/mol. The molecule has 146 valence electrons. The van der Waals surface area contributed by atoms with E-state index in [0.29, 0.717) is 0 Å². The van der Waals surface area contributed by atoms with Crippen LogP contribution in [0.2, 0.25) is 0 Å². The maximum absolute atomic E-state index is 12.4. The van der Waals surface area contributed by atoms with E-state index >= 15 is 0 Å². The molecule has 2 aromatic rings. The van der Waals surface area contributed by atoms with Crippen LogP contribution in [-0.2, 0) is 4.74 Å². The Kier molecular flexibility index (Phi) is 5.13. The summed E-state index contributed by atoms with van der Waals surface area (Å²) >= 11 is 0. The van der Waals surface area contributed by atoms with E-state index in [4.69, 9.17) is 4.74 Å². The molecule has 3 rings (SSSR count). The average Bonchev–Trinajstić information content (AvgIpc) is 3.02. The third-order valence-electron chi connectivity index (χ3n) is 5.22. The molecule has 0 spiro atoms. The van der Waals surface area contributed by atoms with Crippen LogP contribution in [0, 0.1) is 10.1 Å². The summed E-state index contributed by atoms with van der Waals surface area (Å²) in [6.07, 6.45) is 5.43. The Balaban J connectivity index is 1.80. The van der Waals surface area contributed by atoms with Crippen molar-refractivity contribution >= 4 is 22.7 Å². The number of rotatable bonds is 3. The van der Waals surface area contributed by atoms with Crippen molar-refractivity contribution in [1.82, 2.24) is 9.88 Å². The maximum atomic E-state index is 12.4. The molecule has 1 aromatic carbocycles. The van der Waals surface area contributed by atoms with Crippen LogP contribution in [0.25, 0.3) is 10.9 Å². The molecule has 0 aliphatic heterocycles. The molecule has 7 heteroatoms. The van der Waals surface area contributed by atoms with Crippen LogP contribution in [-0.4, -0.2) is 39.6 Å². The highest BCUT2D eigenvalue weighted by Gasteiger charge is 2.31. The number of hydrogen-bond donors (Lipinski definition) is 1. The monoisotopic (exact) mass is 373 g/mol. The van der Waals surface area contributed by atoms with Crippen molar-refractivity contribution in [3.05, 3.63) is 40.1 Å². The molecule has 1 heterocycles. The number of benzene rings is 1. The number of aromatic nitrogens is 1. The first-order chi connectivity index (χ1) is 12.7. The van der Waals surface area contributed by atoms with Gasteiger partial charge in [-0.15, -0.1) is 0 Å². The lowest BCUT2D eigenvalue weighted by atomic mass is 9.81. The van der Waals surface area contributed by atoms with Crippen molar-refractivity contribution in [1.29, 1.82) is 0 Å². The smallest absolute Gasteiger partial charge is 0.410 e. The molecule has 1 saturated carbocycles. The predicted molar refractivity (Wildman–Crippen MR) is 104 cm³/mol. The zero-order chi connectivity index (χ0) is 19.8. The number of amides is 1. The number of non-ortho nitro benzene ring substituents is 1. The number of fused-ring (bicyclic) bond motifs is 1. The SMILES string of the molecule is CN(C(=O)OC(C)(C)C)C1CCCC(c2c[nH]c3ccc([N+](=O)[O-])cc23)C1. The Labute approximate surface area is 158 Å². The van der Waals surface area contributed by atoms with Crippen LogP contribution >= 0.6 is 0 Å². The lowest BCUT2D eigenvalue weighted by molar-refractivity contribution is -0.384. The van der Waals surface area contributed by atoms with E-state index in [1.807, 2.05) is 27.0 Å². The zero-order valence-corrected chi connectivity index (χ0v) is 16.3. The van der Waals surface area contributed by atoms with E-state index < -0.39 is 5.60 Å². The van der Waals surface area contributed by atoms with Gasteiger partial charge in [-0.25, -0.2) is 4.79 Å². The number of ether oxygens (including phenoxy) is 1. The Morgan fingerprint density at radius 2 is 2.07 bits per heavy atom. The minimum Gasteiger partial charge on any atom is -0.444 e. The number of carbonyl (C=O) groups is 1. The highest BCUT2D eigenvalue weighted by molar-refractivity contribution is 5.86. The first-order valence-electron chi connectivity index (χ1n) is 9.37. The fraction of sp³-hybridized carbons (Fsp3) is 0.550. The van der Waals surface area contributed by atoms with Crippen molar-refractivity contribution in [3.8, 4) is 0 Å². The lowest BCUT2D eigenvalue weighted by Crippen LogP contribution is -2.42. The molecule has 1 aliphatic rings. The largest absolute Gasteiger partial charge is 0.444 e. The molecular weight excluding hydrogens is 346 g/mol. The van der Waals surface area contributed by atoms with Crippen LogP contribution in [0.15, 0.2) is 24.4 Å². The zero-order valence-electron chi connectivity index (χ0n) is 16.3. The van der Waals surface area contributed by atoms with E-state index in [1.54, 1.807) is 24.1 Å². The van der Waals surface area contributed by atoms with E-state index in [2.05, 4.69) is 4.98 Å². The molecule has 0 bridgehead atoms. The van der Waals surface area contributed by atoms with Crippen LogP contribution in [0.1, 0.15) is 57.9 Å². The number of carbonyl (C=O) groups excluding carboxylic acids is 1. The summed E-state index contributed by atoms with van der Waals surface area (Å²) in [5.74, 6) is 0.254. The molecule has 1 fully saturated rings. The summed E-state index contributed by atoms with van der Waals surface area (Å²) in [5.41, 5.74) is 1.57. The molecule has 1 amide bonds. The summed E-state index contributed by atoms with van der Waals surface area (Å²) in [4.78, 5) is 28.1. The summed E-state index contributed by atoms with van der Waals surface area (Å²) in [6.45, 7) is 5.59. The topological polar surface area (TPSA) is 88.5 Å². The second kappa shape index (κ2) is 7.21. The van der Waals surface area contributed by atoms with Gasteiger partial charge in [0.25, 0.3) is 5.69 Å². The Hall–Kier alpha value is -2.57. The molecule has 1 aromatic heterocycles. The lowest BCUT2D eigenvalue weighted by Gasteiger charge is -2.36. The minimum atomic E-state index is -0.519. The van der Waals surface area contributed by atoms with Gasteiger partial charge in [0, 0.05) is 42.3 Å². The molecule has 1 aliphatic carbocycles. The van der Waals surface area contributed by atoms with E-state index in [1.165, 1.54) is 6.07 Å². The van der Waals surface area contributed by atoms with Gasteiger partial charge < -0.3 is 14.6 Å². The van der Waals surface area contributed by atoms with E-state index in [0.717, 1.165) is 42.1 Å². The summed E-state index contributed by atoms with van der Waals surface area (Å²) in [6, 6.07) is 5.01. The molecule has 0 radical (unpaired) electrons. The van der Waals surface area contributed by atoms with Gasteiger partial charge >= 0.3 is 6.09 Å². The predicted octanol–water partition coefficient (Wildman–Crippen LogP) is 4.97. The van der Waals surface area contributed by atoms with Gasteiger partial charge in [0.2, 0.25) is 0 Å². The van der Waals surface area contributed by atoms with Gasteiger partial charge in [-0.05, 0) is 57.6 Å². The maximum Gasteiger partial charge on any atom is 0.410 e. The Morgan fingerprint density at radius 1 is 1.33 bits per heavy atom. The highest BCUT2D eigenvalue weighted by atomic mass is 16.6. The first-order valence-corrected chi connectivity index (χ1v) is 9.37. The standard InChI is InChI=1S/C20H27N3O4/c1-20(2,3)27-19(24)22(4)14-7-5-6-13(10-14)17-12-21-18-9-8-15(23(25)26)11-16(17)18/h8-9,11-14,21H,5-7,10H2,1-4H3.